The monoisotopic (exact) mass is 468 g/mol. The highest BCUT2D eigenvalue weighted by Gasteiger charge is 2.24. The molecule has 0 spiro atoms. The molecular weight excluding hydrogens is 440 g/mol. The molecule has 9 heteroatoms. The molecule has 1 amide bonds. The van der Waals surface area contributed by atoms with Gasteiger partial charge in [-0.25, -0.2) is 18.1 Å². The molecule has 0 aliphatic carbocycles. The van der Waals surface area contributed by atoms with Crippen LogP contribution in [0.25, 0.3) is 5.69 Å². The lowest BCUT2D eigenvalue weighted by molar-refractivity contribution is 0.0758. The number of nitrogens with one attached hydrogen (secondary N) is 1. The highest BCUT2D eigenvalue weighted by Crippen LogP contribution is 2.25. The molecule has 8 nitrogen and oxygen atoms in total. The number of amides is 1. The van der Waals surface area contributed by atoms with E-state index >= 15 is 0 Å². The first kappa shape index (κ1) is 23.0. The first-order valence-corrected chi connectivity index (χ1v) is 12.5. The summed E-state index contributed by atoms with van der Waals surface area (Å²) >= 11 is 0. The standard InChI is InChI=1S/C24H28N4O4S/c1-32-23-11-10-20(16-21(23)24(29)27-13-6-2-3-7-14-27)33(30,31)26-17-19-8-4-5-9-22(19)28-15-12-25-18-28/h4-5,8-12,15-16,18,26H,2-3,6-7,13-14,17H2,1H3. The van der Waals surface area contributed by atoms with E-state index in [1.54, 1.807) is 29.7 Å². The molecule has 1 aromatic heterocycles. The number of methoxy groups -OCH3 is 1. The van der Waals surface area contributed by atoms with Gasteiger partial charge in [-0.05, 0) is 42.7 Å². The Kier molecular flexibility index (Phi) is 7.10. The van der Waals surface area contributed by atoms with E-state index in [1.165, 1.54) is 19.2 Å². The smallest absolute Gasteiger partial charge is 0.257 e. The molecule has 1 aliphatic heterocycles. The van der Waals surface area contributed by atoms with Gasteiger partial charge in [0.05, 0.1) is 29.6 Å². The summed E-state index contributed by atoms with van der Waals surface area (Å²) in [7, 11) is -2.38. The van der Waals surface area contributed by atoms with Gasteiger partial charge in [0.1, 0.15) is 5.75 Å². The molecule has 1 fully saturated rings. The van der Waals surface area contributed by atoms with Gasteiger partial charge in [-0.2, -0.15) is 0 Å². The molecule has 0 unspecified atom stereocenters. The highest BCUT2D eigenvalue weighted by atomic mass is 32.2. The molecule has 0 bridgehead atoms. The molecule has 1 aliphatic rings. The van der Waals surface area contributed by atoms with Crippen LogP contribution in [-0.4, -0.2) is 49.0 Å². The molecule has 0 atom stereocenters. The molecule has 3 aromatic rings. The quantitative estimate of drug-likeness (QED) is 0.574. The normalized spacial score (nSPS) is 14.6. The Morgan fingerprint density at radius 1 is 1.09 bits per heavy atom. The molecule has 0 radical (unpaired) electrons. The van der Waals surface area contributed by atoms with Gasteiger partial charge >= 0.3 is 0 Å². The molecule has 174 valence electrons. The summed E-state index contributed by atoms with van der Waals surface area (Å²) in [6, 6.07) is 11.9. The number of hydrogen-bond donors (Lipinski definition) is 1. The third-order valence-corrected chi connectivity index (χ3v) is 7.23. The second-order valence-corrected chi connectivity index (χ2v) is 9.76. The number of nitrogens with zero attached hydrogens (tertiary/aromatic N) is 3. The second kappa shape index (κ2) is 10.2. The van der Waals surface area contributed by atoms with Crippen LogP contribution in [0.15, 0.2) is 66.1 Å². The number of likely N-dealkylation sites (tertiary alicyclic amines) is 1. The van der Waals surface area contributed by atoms with E-state index in [-0.39, 0.29) is 22.9 Å². The molecule has 4 rings (SSSR count). The Bertz CT molecular complexity index is 1200. The van der Waals surface area contributed by atoms with E-state index < -0.39 is 10.0 Å². The third-order valence-electron chi connectivity index (χ3n) is 5.83. The number of rotatable bonds is 7. The maximum Gasteiger partial charge on any atom is 0.257 e. The number of ether oxygens (including phenoxy) is 1. The van der Waals surface area contributed by atoms with Crippen molar-refractivity contribution in [3.63, 3.8) is 0 Å². The van der Waals surface area contributed by atoms with Gasteiger partial charge in [0.2, 0.25) is 10.0 Å². The SMILES string of the molecule is COc1ccc(S(=O)(=O)NCc2ccccc2-n2ccnc2)cc1C(=O)N1CCCCCC1. The molecule has 2 aromatic carbocycles. The minimum atomic E-state index is -3.86. The Morgan fingerprint density at radius 3 is 2.55 bits per heavy atom. The number of benzene rings is 2. The molecule has 33 heavy (non-hydrogen) atoms. The minimum absolute atomic E-state index is 0.0292. The van der Waals surface area contributed by atoms with Crippen LogP contribution < -0.4 is 9.46 Å². The largest absolute Gasteiger partial charge is 0.496 e. The van der Waals surface area contributed by atoms with Gasteiger partial charge in [-0.1, -0.05) is 31.0 Å². The summed E-state index contributed by atoms with van der Waals surface area (Å²) in [5.74, 6) is 0.171. The van der Waals surface area contributed by atoms with Crippen molar-refractivity contribution in [3.05, 3.63) is 72.3 Å². The molecule has 2 heterocycles. The average molecular weight is 469 g/mol. The van der Waals surface area contributed by atoms with Crippen molar-refractivity contribution < 1.29 is 17.9 Å². The number of carbonyl (C=O) groups excluding carboxylic acids is 1. The number of hydrogen-bond acceptors (Lipinski definition) is 5. The Hall–Kier alpha value is -3.17. The van der Waals surface area contributed by atoms with E-state index in [2.05, 4.69) is 9.71 Å². The van der Waals surface area contributed by atoms with Crippen molar-refractivity contribution in [2.24, 2.45) is 0 Å². The lowest BCUT2D eigenvalue weighted by atomic mass is 10.1. The van der Waals surface area contributed by atoms with E-state index in [1.807, 2.05) is 28.8 Å². The van der Waals surface area contributed by atoms with E-state index in [0.29, 0.717) is 18.8 Å². The van der Waals surface area contributed by atoms with Crippen LogP contribution in [0.1, 0.15) is 41.6 Å². The van der Waals surface area contributed by atoms with E-state index in [9.17, 15) is 13.2 Å². The number of imidazole rings is 1. The molecule has 1 N–H and O–H groups in total. The van der Waals surface area contributed by atoms with Crippen molar-refractivity contribution >= 4 is 15.9 Å². The fourth-order valence-corrected chi connectivity index (χ4v) is 5.07. The average Bonchev–Trinajstić information content (AvgIpc) is 3.24. The fourth-order valence-electron chi connectivity index (χ4n) is 4.04. The zero-order valence-electron chi connectivity index (χ0n) is 18.6. The Labute approximate surface area is 194 Å². The predicted molar refractivity (Wildman–Crippen MR) is 125 cm³/mol. The summed E-state index contributed by atoms with van der Waals surface area (Å²) < 4.78 is 36.1. The maximum absolute atomic E-state index is 13.2. The zero-order chi connectivity index (χ0) is 23.3. The second-order valence-electron chi connectivity index (χ2n) is 7.99. The molecule has 0 saturated carbocycles. The van der Waals surface area contributed by atoms with Crippen molar-refractivity contribution in [2.45, 2.75) is 37.1 Å². The predicted octanol–water partition coefficient (Wildman–Crippen LogP) is 3.38. The van der Waals surface area contributed by atoms with Crippen LogP contribution in [0, 0.1) is 0 Å². The van der Waals surface area contributed by atoms with Gasteiger partial charge in [0.25, 0.3) is 5.91 Å². The molecule has 1 saturated heterocycles. The van der Waals surface area contributed by atoms with E-state index in [4.69, 9.17) is 4.74 Å². The number of aromatic nitrogens is 2. The van der Waals surface area contributed by atoms with Crippen LogP contribution in [-0.2, 0) is 16.6 Å². The highest BCUT2D eigenvalue weighted by molar-refractivity contribution is 7.89. The third kappa shape index (κ3) is 5.26. The van der Waals surface area contributed by atoms with Crippen LogP contribution >= 0.6 is 0 Å². The van der Waals surface area contributed by atoms with Gasteiger partial charge in [0, 0.05) is 32.0 Å². The first-order valence-electron chi connectivity index (χ1n) is 11.0. The summed E-state index contributed by atoms with van der Waals surface area (Å²) in [5.41, 5.74) is 1.90. The van der Waals surface area contributed by atoms with Crippen molar-refractivity contribution in [1.29, 1.82) is 0 Å². The van der Waals surface area contributed by atoms with E-state index in [0.717, 1.165) is 36.9 Å². The fraction of sp³-hybridized carbons (Fsp3) is 0.333. The number of para-hydroxylation sites is 1. The summed E-state index contributed by atoms with van der Waals surface area (Å²) in [5, 5.41) is 0. The summed E-state index contributed by atoms with van der Waals surface area (Å²) in [6.45, 7) is 1.43. The van der Waals surface area contributed by atoms with Gasteiger partial charge < -0.3 is 14.2 Å². The Balaban J connectivity index is 1.57. The zero-order valence-corrected chi connectivity index (χ0v) is 19.4. The minimum Gasteiger partial charge on any atom is -0.496 e. The summed E-state index contributed by atoms with van der Waals surface area (Å²) in [6.07, 6.45) is 9.23. The lowest BCUT2D eigenvalue weighted by Crippen LogP contribution is -2.32. The van der Waals surface area contributed by atoms with Crippen LogP contribution in [0.5, 0.6) is 5.75 Å². The van der Waals surface area contributed by atoms with Gasteiger partial charge in [-0.15, -0.1) is 0 Å². The van der Waals surface area contributed by atoms with Crippen molar-refractivity contribution in [3.8, 4) is 11.4 Å². The van der Waals surface area contributed by atoms with Crippen molar-refractivity contribution in [1.82, 2.24) is 19.2 Å². The maximum atomic E-state index is 13.2. The molecular formula is C24H28N4O4S. The lowest BCUT2D eigenvalue weighted by Gasteiger charge is -2.22. The number of carbonyl (C=O) groups is 1. The van der Waals surface area contributed by atoms with Crippen LogP contribution in [0.2, 0.25) is 0 Å². The first-order chi connectivity index (χ1) is 16.0. The van der Waals surface area contributed by atoms with Gasteiger partial charge in [0.15, 0.2) is 0 Å². The Morgan fingerprint density at radius 2 is 1.85 bits per heavy atom. The topological polar surface area (TPSA) is 93.5 Å². The summed E-state index contributed by atoms with van der Waals surface area (Å²) in [4.78, 5) is 19.1. The van der Waals surface area contributed by atoms with Crippen LogP contribution in [0.3, 0.4) is 0 Å². The van der Waals surface area contributed by atoms with Crippen molar-refractivity contribution in [2.75, 3.05) is 20.2 Å². The van der Waals surface area contributed by atoms with Crippen LogP contribution in [0.4, 0.5) is 0 Å². The van der Waals surface area contributed by atoms with Gasteiger partial charge in [-0.3, -0.25) is 4.79 Å². The number of sulfonamides is 1.